The number of likely N-dealkylation sites (N-methyl/N-ethyl adjacent to an activating group) is 1. The number of hydrogen-bond acceptors (Lipinski definition) is 5. The number of nitrogens with zero attached hydrogens (tertiary/aromatic N) is 6. The zero-order valence-electron chi connectivity index (χ0n) is 18.6. The van der Waals surface area contributed by atoms with Gasteiger partial charge in [-0.2, -0.15) is 4.98 Å². The molecular weight excluding hydrogens is 419 g/mol. The van der Waals surface area contributed by atoms with Crippen molar-refractivity contribution in [2.45, 2.75) is 26.3 Å². The maximum atomic E-state index is 13.4. The van der Waals surface area contributed by atoms with E-state index in [1.807, 2.05) is 43.0 Å². The second kappa shape index (κ2) is 8.12. The number of imidazole rings is 1. The lowest BCUT2D eigenvalue weighted by atomic mass is 10.1. The summed E-state index contributed by atoms with van der Waals surface area (Å²) in [5.41, 5.74) is 3.41. The zero-order valence-corrected chi connectivity index (χ0v) is 18.6. The molecular formula is C25H23FN6O. The van der Waals surface area contributed by atoms with E-state index in [4.69, 9.17) is 4.98 Å². The molecule has 5 rings (SSSR count). The summed E-state index contributed by atoms with van der Waals surface area (Å²) in [6.07, 6.45) is 5.72. The number of halogens is 1. The van der Waals surface area contributed by atoms with E-state index in [-0.39, 0.29) is 17.8 Å². The minimum Gasteiger partial charge on any atom is -0.312 e. The summed E-state index contributed by atoms with van der Waals surface area (Å²) < 4.78 is 15.2. The van der Waals surface area contributed by atoms with Crippen LogP contribution < -0.4 is 9.80 Å². The van der Waals surface area contributed by atoms with Crippen molar-refractivity contribution in [1.82, 2.24) is 19.5 Å². The molecule has 0 fully saturated rings. The van der Waals surface area contributed by atoms with Gasteiger partial charge < -0.3 is 9.80 Å². The Kier molecular flexibility index (Phi) is 5.12. The number of amides is 1. The molecule has 0 saturated heterocycles. The van der Waals surface area contributed by atoms with Crippen LogP contribution >= 0.6 is 0 Å². The molecule has 0 saturated carbocycles. The van der Waals surface area contributed by atoms with Gasteiger partial charge in [-0.1, -0.05) is 24.6 Å². The Bertz CT molecular complexity index is 1320. The molecule has 7 nitrogen and oxygen atoms in total. The normalized spacial score (nSPS) is 15.6. The number of aromatic nitrogens is 4. The minimum absolute atomic E-state index is 0.00319. The van der Waals surface area contributed by atoms with Crippen LogP contribution in [0.4, 0.5) is 21.6 Å². The number of carbonyl (C=O) groups is 1. The number of benzene rings is 2. The van der Waals surface area contributed by atoms with Gasteiger partial charge in [0.05, 0.1) is 6.20 Å². The Balaban J connectivity index is 1.66. The minimum atomic E-state index is -0.382. The van der Waals surface area contributed by atoms with Crippen LogP contribution in [-0.4, -0.2) is 38.5 Å². The first kappa shape index (κ1) is 20.8. The fourth-order valence-electron chi connectivity index (χ4n) is 4.13. The van der Waals surface area contributed by atoms with Crippen molar-refractivity contribution in [3.63, 3.8) is 0 Å². The van der Waals surface area contributed by atoms with Crippen molar-refractivity contribution in [2.24, 2.45) is 0 Å². The van der Waals surface area contributed by atoms with Gasteiger partial charge in [0.2, 0.25) is 11.9 Å². The average molecular weight is 442 g/mol. The van der Waals surface area contributed by atoms with Crippen LogP contribution in [0.3, 0.4) is 0 Å². The summed E-state index contributed by atoms with van der Waals surface area (Å²) in [6, 6.07) is 13.8. The van der Waals surface area contributed by atoms with Gasteiger partial charge in [-0.05, 0) is 49.7 Å². The van der Waals surface area contributed by atoms with Crippen molar-refractivity contribution in [1.29, 1.82) is 0 Å². The van der Waals surface area contributed by atoms with Gasteiger partial charge in [0, 0.05) is 30.7 Å². The smallest absolute Gasteiger partial charge is 0.250 e. The summed E-state index contributed by atoms with van der Waals surface area (Å²) in [4.78, 5) is 30.6. The van der Waals surface area contributed by atoms with Crippen molar-refractivity contribution in [2.75, 3.05) is 16.8 Å². The molecule has 0 aliphatic carbocycles. The SMILES string of the molecule is CCC1C(=O)N(C)c2cnc(-n3ccnc3-c3ccc(F)cc3)nc2N1c1ccc(C)cc1. The van der Waals surface area contributed by atoms with E-state index in [9.17, 15) is 9.18 Å². The van der Waals surface area contributed by atoms with Gasteiger partial charge in [-0.15, -0.1) is 0 Å². The molecule has 166 valence electrons. The molecule has 0 N–H and O–H groups in total. The van der Waals surface area contributed by atoms with Gasteiger partial charge in [-0.3, -0.25) is 9.36 Å². The first-order chi connectivity index (χ1) is 16.0. The number of rotatable bonds is 4. The van der Waals surface area contributed by atoms with Crippen LogP contribution in [0.25, 0.3) is 17.3 Å². The summed E-state index contributed by atoms with van der Waals surface area (Å²) in [5, 5.41) is 0. The van der Waals surface area contributed by atoms with E-state index < -0.39 is 0 Å². The van der Waals surface area contributed by atoms with Crippen LogP contribution in [-0.2, 0) is 4.79 Å². The van der Waals surface area contributed by atoms with Crippen LogP contribution in [0.15, 0.2) is 67.1 Å². The van der Waals surface area contributed by atoms with Gasteiger partial charge in [-0.25, -0.2) is 14.4 Å². The Labute approximate surface area is 191 Å². The summed E-state index contributed by atoms with van der Waals surface area (Å²) in [5.74, 6) is 1.35. The maximum absolute atomic E-state index is 13.4. The molecule has 0 radical (unpaired) electrons. The fraction of sp³-hybridized carbons (Fsp3) is 0.200. The molecule has 1 unspecified atom stereocenters. The second-order valence-electron chi connectivity index (χ2n) is 8.03. The highest BCUT2D eigenvalue weighted by Gasteiger charge is 2.38. The summed E-state index contributed by atoms with van der Waals surface area (Å²) in [6.45, 7) is 4.02. The molecule has 0 bridgehead atoms. The molecule has 2 aromatic heterocycles. The predicted octanol–water partition coefficient (Wildman–Crippen LogP) is 4.67. The Morgan fingerprint density at radius 2 is 1.76 bits per heavy atom. The number of hydrogen-bond donors (Lipinski definition) is 0. The number of carbonyl (C=O) groups excluding carboxylic acids is 1. The highest BCUT2D eigenvalue weighted by molar-refractivity contribution is 6.06. The molecule has 1 aliphatic rings. The first-order valence-electron chi connectivity index (χ1n) is 10.8. The van der Waals surface area contributed by atoms with Crippen molar-refractivity contribution >= 4 is 23.1 Å². The lowest BCUT2D eigenvalue weighted by molar-refractivity contribution is -0.119. The van der Waals surface area contributed by atoms with E-state index in [2.05, 4.69) is 9.97 Å². The third-order valence-electron chi connectivity index (χ3n) is 5.91. The first-order valence-corrected chi connectivity index (χ1v) is 10.8. The van der Waals surface area contributed by atoms with E-state index in [1.165, 1.54) is 12.1 Å². The van der Waals surface area contributed by atoms with Gasteiger partial charge >= 0.3 is 0 Å². The van der Waals surface area contributed by atoms with Crippen molar-refractivity contribution in [3.05, 3.63) is 78.5 Å². The van der Waals surface area contributed by atoms with Crippen LogP contribution in [0, 0.1) is 12.7 Å². The number of aryl methyl sites for hydroxylation is 1. The Morgan fingerprint density at radius 3 is 2.45 bits per heavy atom. The fourth-order valence-corrected chi connectivity index (χ4v) is 4.13. The van der Waals surface area contributed by atoms with Gasteiger partial charge in [0.1, 0.15) is 23.4 Å². The summed E-state index contributed by atoms with van der Waals surface area (Å²) >= 11 is 0. The predicted molar refractivity (Wildman–Crippen MR) is 125 cm³/mol. The van der Waals surface area contributed by atoms with E-state index in [1.54, 1.807) is 47.2 Å². The van der Waals surface area contributed by atoms with Crippen LogP contribution in [0.1, 0.15) is 18.9 Å². The Hall–Kier alpha value is -4.07. The largest absolute Gasteiger partial charge is 0.312 e. The molecule has 1 amide bonds. The van der Waals surface area contributed by atoms with Crippen molar-refractivity contribution in [3.8, 4) is 17.3 Å². The Morgan fingerprint density at radius 1 is 1.03 bits per heavy atom. The lowest BCUT2D eigenvalue weighted by Crippen LogP contribution is -2.50. The molecule has 3 heterocycles. The second-order valence-corrected chi connectivity index (χ2v) is 8.03. The van der Waals surface area contributed by atoms with Crippen molar-refractivity contribution < 1.29 is 9.18 Å². The molecule has 0 spiro atoms. The highest BCUT2D eigenvalue weighted by atomic mass is 19.1. The zero-order chi connectivity index (χ0) is 23.1. The maximum Gasteiger partial charge on any atom is 0.250 e. The average Bonchev–Trinajstić information content (AvgIpc) is 3.32. The monoisotopic (exact) mass is 442 g/mol. The van der Waals surface area contributed by atoms with E-state index in [0.29, 0.717) is 29.7 Å². The van der Waals surface area contributed by atoms with E-state index in [0.717, 1.165) is 16.8 Å². The van der Waals surface area contributed by atoms with E-state index >= 15 is 0 Å². The number of fused-ring (bicyclic) bond motifs is 1. The summed E-state index contributed by atoms with van der Waals surface area (Å²) in [7, 11) is 1.75. The topological polar surface area (TPSA) is 67.2 Å². The number of anilines is 3. The molecule has 1 atom stereocenters. The quantitative estimate of drug-likeness (QED) is 0.460. The molecule has 8 heteroatoms. The van der Waals surface area contributed by atoms with Gasteiger partial charge in [0.15, 0.2) is 5.82 Å². The highest BCUT2D eigenvalue weighted by Crippen LogP contribution is 2.40. The molecule has 1 aliphatic heterocycles. The third-order valence-corrected chi connectivity index (χ3v) is 5.91. The van der Waals surface area contributed by atoms with Crippen LogP contribution in [0.2, 0.25) is 0 Å². The third kappa shape index (κ3) is 3.53. The molecule has 2 aromatic carbocycles. The molecule has 33 heavy (non-hydrogen) atoms. The standard InChI is InChI=1S/C25H23FN6O/c1-4-20-24(33)30(3)21-15-28-25(29-23(21)32(20)19-11-5-16(2)6-12-19)31-14-13-27-22(31)17-7-9-18(26)10-8-17/h5-15,20H,4H2,1-3H3. The molecule has 4 aromatic rings. The van der Waals surface area contributed by atoms with Crippen LogP contribution in [0.5, 0.6) is 0 Å². The van der Waals surface area contributed by atoms with Gasteiger partial charge in [0.25, 0.3) is 0 Å². The lowest BCUT2D eigenvalue weighted by Gasteiger charge is -2.40.